The molecule has 4 rings (SSSR count). The molecule has 19 heavy (non-hydrogen) atoms. The largest absolute Gasteiger partial charge is 0.497 e. The van der Waals surface area contributed by atoms with Gasteiger partial charge in [0.25, 0.3) is 0 Å². The van der Waals surface area contributed by atoms with Crippen LogP contribution in [0.25, 0.3) is 0 Å². The van der Waals surface area contributed by atoms with Crippen molar-refractivity contribution in [2.24, 2.45) is 5.41 Å². The van der Waals surface area contributed by atoms with E-state index in [9.17, 15) is 4.79 Å². The molecule has 4 heteroatoms. The number of fused-ring (bicyclic) bond motifs is 1. The Balaban J connectivity index is 1.48. The summed E-state index contributed by atoms with van der Waals surface area (Å²) in [5.41, 5.74) is 0.716. The van der Waals surface area contributed by atoms with Crippen molar-refractivity contribution in [1.82, 2.24) is 0 Å². The Hall–Kier alpha value is -1.39. The summed E-state index contributed by atoms with van der Waals surface area (Å²) in [4.78, 5) is 10.9. The maximum Gasteiger partial charge on any atom is 0.151 e. The topological polar surface area (TPSA) is 44.8 Å². The molecule has 0 N–H and O–H groups in total. The van der Waals surface area contributed by atoms with Crippen LogP contribution >= 0.6 is 0 Å². The van der Waals surface area contributed by atoms with Gasteiger partial charge in [0.2, 0.25) is 0 Å². The third-order valence-corrected chi connectivity index (χ3v) is 4.07. The predicted octanol–water partition coefficient (Wildman–Crippen LogP) is 1.96. The number of carbonyl (C=O) groups excluding carboxylic acids is 1. The van der Waals surface area contributed by atoms with E-state index in [0.29, 0.717) is 19.8 Å². The SMILES string of the molecule is COc1ccc(COCC23COC(C=O)(C2)C3)cc1. The molecule has 2 bridgehead atoms. The van der Waals surface area contributed by atoms with Crippen LogP contribution in [0.4, 0.5) is 0 Å². The molecule has 2 aliphatic heterocycles. The van der Waals surface area contributed by atoms with Crippen LogP contribution in [0.3, 0.4) is 0 Å². The van der Waals surface area contributed by atoms with E-state index in [4.69, 9.17) is 14.2 Å². The maximum absolute atomic E-state index is 10.9. The van der Waals surface area contributed by atoms with Crippen LogP contribution in [0.1, 0.15) is 18.4 Å². The van der Waals surface area contributed by atoms with Crippen LogP contribution < -0.4 is 4.74 Å². The first-order chi connectivity index (χ1) is 9.19. The monoisotopic (exact) mass is 262 g/mol. The zero-order chi connectivity index (χ0) is 13.3. The van der Waals surface area contributed by atoms with Gasteiger partial charge < -0.3 is 19.0 Å². The average molecular weight is 262 g/mol. The lowest BCUT2D eigenvalue weighted by atomic mass is 9.63. The van der Waals surface area contributed by atoms with Crippen LogP contribution in [0.2, 0.25) is 0 Å². The average Bonchev–Trinajstić information content (AvgIpc) is 2.95. The summed E-state index contributed by atoms with van der Waals surface area (Å²) < 4.78 is 16.4. The minimum Gasteiger partial charge on any atom is -0.497 e. The van der Waals surface area contributed by atoms with Gasteiger partial charge in [-0.1, -0.05) is 12.1 Å². The molecule has 0 spiro atoms. The molecular weight excluding hydrogens is 244 g/mol. The number of ether oxygens (including phenoxy) is 3. The van der Waals surface area contributed by atoms with E-state index in [0.717, 1.165) is 30.4 Å². The fourth-order valence-electron chi connectivity index (χ4n) is 3.09. The van der Waals surface area contributed by atoms with E-state index in [1.165, 1.54) is 0 Å². The summed E-state index contributed by atoms with van der Waals surface area (Å²) in [5.74, 6) is 0.848. The molecule has 1 aromatic rings. The van der Waals surface area contributed by atoms with Crippen molar-refractivity contribution in [1.29, 1.82) is 0 Å². The van der Waals surface area contributed by atoms with Gasteiger partial charge in [-0.2, -0.15) is 0 Å². The van der Waals surface area contributed by atoms with Crippen LogP contribution in [-0.2, 0) is 20.9 Å². The summed E-state index contributed by atoms with van der Waals surface area (Å²) >= 11 is 0. The van der Waals surface area contributed by atoms with Gasteiger partial charge in [-0.05, 0) is 30.5 Å². The zero-order valence-electron chi connectivity index (χ0n) is 11.1. The number of hydrogen-bond acceptors (Lipinski definition) is 4. The van der Waals surface area contributed by atoms with Crippen molar-refractivity contribution in [2.45, 2.75) is 25.0 Å². The van der Waals surface area contributed by atoms with Crippen LogP contribution in [0.5, 0.6) is 5.75 Å². The molecule has 2 heterocycles. The van der Waals surface area contributed by atoms with Crippen molar-refractivity contribution in [2.75, 3.05) is 20.3 Å². The lowest BCUT2D eigenvalue weighted by molar-refractivity contribution is -0.130. The molecule has 2 saturated heterocycles. The van der Waals surface area contributed by atoms with Crippen molar-refractivity contribution < 1.29 is 19.0 Å². The third kappa shape index (κ3) is 2.26. The Bertz CT molecular complexity index is 460. The number of rotatable bonds is 6. The first-order valence-corrected chi connectivity index (χ1v) is 6.50. The summed E-state index contributed by atoms with van der Waals surface area (Å²) in [7, 11) is 1.65. The molecule has 0 unspecified atom stereocenters. The van der Waals surface area contributed by atoms with E-state index in [1.807, 2.05) is 24.3 Å². The van der Waals surface area contributed by atoms with E-state index in [2.05, 4.69) is 0 Å². The van der Waals surface area contributed by atoms with Gasteiger partial charge in [-0.25, -0.2) is 0 Å². The fraction of sp³-hybridized carbons (Fsp3) is 0.533. The van der Waals surface area contributed by atoms with Gasteiger partial charge >= 0.3 is 0 Å². The van der Waals surface area contributed by atoms with E-state index < -0.39 is 5.60 Å². The lowest BCUT2D eigenvalue weighted by Gasteiger charge is -2.40. The van der Waals surface area contributed by atoms with E-state index in [-0.39, 0.29) is 5.41 Å². The summed E-state index contributed by atoms with van der Waals surface area (Å²) in [6.45, 7) is 1.89. The van der Waals surface area contributed by atoms with Crippen molar-refractivity contribution in [3.63, 3.8) is 0 Å². The molecule has 3 fully saturated rings. The van der Waals surface area contributed by atoms with Crippen molar-refractivity contribution >= 4 is 6.29 Å². The van der Waals surface area contributed by atoms with Gasteiger partial charge in [0.1, 0.15) is 11.4 Å². The Morgan fingerprint density at radius 3 is 2.63 bits per heavy atom. The highest BCUT2D eigenvalue weighted by Gasteiger charge is 2.62. The molecule has 0 amide bonds. The van der Waals surface area contributed by atoms with Crippen LogP contribution in [-0.4, -0.2) is 32.2 Å². The fourth-order valence-corrected chi connectivity index (χ4v) is 3.09. The second-order valence-electron chi connectivity index (χ2n) is 5.67. The first kappa shape index (κ1) is 12.6. The molecule has 0 aromatic heterocycles. The van der Waals surface area contributed by atoms with E-state index >= 15 is 0 Å². The molecular formula is C15H18O4. The first-order valence-electron chi connectivity index (χ1n) is 6.50. The van der Waals surface area contributed by atoms with Gasteiger partial charge in [0, 0.05) is 5.41 Å². The molecule has 1 aliphatic carbocycles. The standard InChI is InChI=1S/C15H18O4/c1-17-13-4-2-12(3-5-13)6-18-10-14-7-15(8-14,9-16)19-11-14/h2-5,9H,6-8,10-11H2,1H3. The minimum absolute atomic E-state index is 0.0768. The Morgan fingerprint density at radius 2 is 2.05 bits per heavy atom. The highest BCUT2D eigenvalue weighted by atomic mass is 16.5. The second kappa shape index (κ2) is 4.62. The van der Waals surface area contributed by atoms with Gasteiger partial charge in [-0.15, -0.1) is 0 Å². The highest BCUT2D eigenvalue weighted by molar-refractivity contribution is 5.66. The summed E-state index contributed by atoms with van der Waals surface area (Å²) in [6, 6.07) is 7.85. The molecule has 102 valence electrons. The van der Waals surface area contributed by atoms with Gasteiger partial charge in [-0.3, -0.25) is 0 Å². The Kier molecular flexibility index (Phi) is 3.07. The molecule has 4 nitrogen and oxygen atoms in total. The predicted molar refractivity (Wildman–Crippen MR) is 69.1 cm³/mol. The maximum atomic E-state index is 10.9. The third-order valence-electron chi connectivity index (χ3n) is 4.07. The smallest absolute Gasteiger partial charge is 0.151 e. The number of carbonyl (C=O) groups is 1. The number of benzene rings is 1. The second-order valence-corrected chi connectivity index (χ2v) is 5.67. The highest BCUT2D eigenvalue weighted by Crippen LogP contribution is 2.56. The Morgan fingerprint density at radius 1 is 1.32 bits per heavy atom. The number of methoxy groups -OCH3 is 1. The van der Waals surface area contributed by atoms with Gasteiger partial charge in [0.15, 0.2) is 6.29 Å². The molecule has 0 atom stereocenters. The van der Waals surface area contributed by atoms with E-state index in [1.54, 1.807) is 7.11 Å². The van der Waals surface area contributed by atoms with Gasteiger partial charge in [0.05, 0.1) is 26.9 Å². The van der Waals surface area contributed by atoms with Crippen LogP contribution in [0.15, 0.2) is 24.3 Å². The molecule has 1 aromatic carbocycles. The zero-order valence-corrected chi connectivity index (χ0v) is 11.1. The molecule has 3 aliphatic rings. The normalized spacial score (nSPS) is 31.8. The van der Waals surface area contributed by atoms with Crippen LogP contribution in [0, 0.1) is 5.41 Å². The molecule has 1 saturated carbocycles. The minimum atomic E-state index is -0.483. The van der Waals surface area contributed by atoms with Crippen molar-refractivity contribution in [3.05, 3.63) is 29.8 Å². The molecule has 0 radical (unpaired) electrons. The Labute approximate surface area is 112 Å². The lowest BCUT2D eigenvalue weighted by Crippen LogP contribution is -2.47. The summed E-state index contributed by atoms with van der Waals surface area (Å²) in [6.07, 6.45) is 2.57. The van der Waals surface area contributed by atoms with Crippen molar-refractivity contribution in [3.8, 4) is 5.75 Å². The number of aldehydes is 1. The summed E-state index contributed by atoms with van der Waals surface area (Å²) in [5, 5.41) is 0. The number of hydrogen-bond donors (Lipinski definition) is 0. The quantitative estimate of drug-likeness (QED) is 0.735.